The first kappa shape index (κ1) is 21.7. The van der Waals surface area contributed by atoms with Crippen molar-refractivity contribution in [3.05, 3.63) is 48.7 Å². The number of hydrogen-bond donors (Lipinski definition) is 3. The van der Waals surface area contributed by atoms with Gasteiger partial charge in [0.15, 0.2) is 11.4 Å². The first-order chi connectivity index (χ1) is 17.2. The van der Waals surface area contributed by atoms with Crippen LogP contribution in [-0.2, 0) is 0 Å². The van der Waals surface area contributed by atoms with Gasteiger partial charge >= 0.3 is 0 Å². The second kappa shape index (κ2) is 9.43. The molecule has 0 aliphatic carbocycles. The molecule has 2 fully saturated rings. The second-order valence-electron chi connectivity index (χ2n) is 8.83. The van der Waals surface area contributed by atoms with Crippen LogP contribution in [0.5, 0.6) is 5.75 Å². The number of furan rings is 1. The van der Waals surface area contributed by atoms with Gasteiger partial charge in [-0.2, -0.15) is 19.6 Å². The van der Waals surface area contributed by atoms with E-state index >= 15 is 0 Å². The third kappa shape index (κ3) is 4.73. The number of hydrogen-bond acceptors (Lipinski definition) is 10. The monoisotopic (exact) mass is 475 g/mol. The van der Waals surface area contributed by atoms with Crippen molar-refractivity contribution in [1.29, 1.82) is 0 Å². The Labute approximate surface area is 202 Å². The van der Waals surface area contributed by atoms with Gasteiger partial charge in [0.25, 0.3) is 0 Å². The van der Waals surface area contributed by atoms with Gasteiger partial charge in [-0.15, -0.1) is 0 Å². The van der Waals surface area contributed by atoms with Crippen LogP contribution in [0.25, 0.3) is 17.1 Å². The summed E-state index contributed by atoms with van der Waals surface area (Å²) >= 11 is 0. The summed E-state index contributed by atoms with van der Waals surface area (Å²) in [5.41, 5.74) is 8.64. The molecule has 11 nitrogen and oxygen atoms in total. The predicted octanol–water partition coefficient (Wildman–Crippen LogP) is 1.55. The molecule has 6 rings (SSSR count). The average Bonchev–Trinajstić information content (AvgIpc) is 3.53. The first-order valence-electron chi connectivity index (χ1n) is 12.0. The summed E-state index contributed by atoms with van der Waals surface area (Å²) in [6.45, 7) is 7.50. The highest BCUT2D eigenvalue weighted by atomic mass is 16.5. The van der Waals surface area contributed by atoms with Crippen molar-refractivity contribution >= 4 is 23.2 Å². The van der Waals surface area contributed by atoms with Gasteiger partial charge < -0.3 is 30.4 Å². The van der Waals surface area contributed by atoms with Crippen LogP contribution in [-0.4, -0.2) is 82.9 Å². The first-order valence-corrected chi connectivity index (χ1v) is 12.0. The summed E-state index contributed by atoms with van der Waals surface area (Å²) in [7, 11) is 0. The standard InChI is InChI=1S/C24H29N9O2/c25-23-29-24(28-22-14-20(30-33(22)23)21-2-1-13-34-21)27-7-8-31-9-11-32(12-10-31)17-3-5-18(6-4-17)35-19-15-26-16-19/h1-6,13-14,19,26H,7-12,15-16H2,(H3,25,27,28,29). The van der Waals surface area contributed by atoms with Crippen molar-refractivity contribution < 1.29 is 9.15 Å². The fourth-order valence-electron chi connectivity index (χ4n) is 4.36. The molecule has 1 aromatic carbocycles. The number of nitrogens with one attached hydrogen (secondary N) is 2. The number of nitrogen functional groups attached to an aromatic ring is 1. The van der Waals surface area contributed by atoms with Crippen LogP contribution >= 0.6 is 0 Å². The van der Waals surface area contributed by atoms with Crippen molar-refractivity contribution in [2.75, 3.05) is 68.3 Å². The van der Waals surface area contributed by atoms with E-state index in [0.717, 1.165) is 58.1 Å². The third-order valence-electron chi connectivity index (χ3n) is 6.45. The number of piperazine rings is 1. The van der Waals surface area contributed by atoms with Gasteiger partial charge in [0, 0.05) is 64.1 Å². The Bertz CT molecular complexity index is 1260. The quantitative estimate of drug-likeness (QED) is 0.346. The van der Waals surface area contributed by atoms with Gasteiger partial charge in [-0.25, -0.2) is 0 Å². The summed E-state index contributed by atoms with van der Waals surface area (Å²) in [5, 5.41) is 11.0. The largest absolute Gasteiger partial charge is 0.488 e. The minimum Gasteiger partial charge on any atom is -0.488 e. The Kier molecular flexibility index (Phi) is 5.84. The molecule has 0 spiro atoms. The van der Waals surface area contributed by atoms with Crippen LogP contribution in [0.15, 0.2) is 53.1 Å². The Hall–Kier alpha value is -3.83. The minimum absolute atomic E-state index is 0.282. The number of benzene rings is 1. The van der Waals surface area contributed by atoms with Crippen LogP contribution in [0.1, 0.15) is 0 Å². The number of anilines is 3. The van der Waals surface area contributed by atoms with Gasteiger partial charge in [0.05, 0.1) is 6.26 Å². The number of rotatable bonds is 8. The van der Waals surface area contributed by atoms with Crippen molar-refractivity contribution in [1.82, 2.24) is 29.8 Å². The smallest absolute Gasteiger partial charge is 0.228 e. The van der Waals surface area contributed by atoms with Crippen molar-refractivity contribution in [2.24, 2.45) is 0 Å². The molecule has 4 N–H and O–H groups in total. The normalized spacial score (nSPS) is 17.0. The fraction of sp³-hybridized carbons (Fsp3) is 0.375. The van der Waals surface area contributed by atoms with Gasteiger partial charge in [-0.3, -0.25) is 4.90 Å². The molecule has 182 valence electrons. The molecule has 5 heterocycles. The van der Waals surface area contributed by atoms with Crippen molar-refractivity contribution in [3.63, 3.8) is 0 Å². The molecule has 0 saturated carbocycles. The Balaban J connectivity index is 0.989. The van der Waals surface area contributed by atoms with E-state index in [1.165, 1.54) is 10.2 Å². The highest BCUT2D eigenvalue weighted by Gasteiger charge is 2.20. The molecule has 0 unspecified atom stereocenters. The maximum atomic E-state index is 6.10. The lowest BCUT2D eigenvalue weighted by Crippen LogP contribution is -2.50. The molecule has 35 heavy (non-hydrogen) atoms. The van der Waals surface area contributed by atoms with Crippen LogP contribution in [0, 0.1) is 0 Å². The van der Waals surface area contributed by atoms with Gasteiger partial charge in [-0.05, 0) is 36.4 Å². The van der Waals surface area contributed by atoms with E-state index in [1.54, 1.807) is 6.26 Å². The molecule has 0 radical (unpaired) electrons. The van der Waals surface area contributed by atoms with Crippen LogP contribution in [0.2, 0.25) is 0 Å². The third-order valence-corrected chi connectivity index (χ3v) is 6.45. The fourth-order valence-corrected chi connectivity index (χ4v) is 4.36. The Morgan fingerprint density at radius 1 is 1.09 bits per heavy atom. The van der Waals surface area contributed by atoms with E-state index in [9.17, 15) is 0 Å². The minimum atomic E-state index is 0.282. The molecule has 4 aromatic rings. The molecule has 11 heteroatoms. The number of aromatic nitrogens is 4. The lowest BCUT2D eigenvalue weighted by atomic mass is 10.2. The number of fused-ring (bicyclic) bond motifs is 1. The summed E-state index contributed by atoms with van der Waals surface area (Å²) in [4.78, 5) is 13.8. The lowest BCUT2D eigenvalue weighted by Gasteiger charge is -2.36. The second-order valence-corrected chi connectivity index (χ2v) is 8.83. The maximum Gasteiger partial charge on any atom is 0.228 e. The average molecular weight is 476 g/mol. The summed E-state index contributed by atoms with van der Waals surface area (Å²) < 4.78 is 12.9. The molecule has 3 aromatic heterocycles. The number of ether oxygens (including phenoxy) is 1. The van der Waals surface area contributed by atoms with E-state index in [2.05, 4.69) is 59.8 Å². The van der Waals surface area contributed by atoms with Crippen LogP contribution in [0.4, 0.5) is 17.6 Å². The lowest BCUT2D eigenvalue weighted by molar-refractivity contribution is 0.142. The number of nitrogens with zero attached hydrogens (tertiary/aromatic N) is 6. The maximum absolute atomic E-state index is 6.10. The van der Waals surface area contributed by atoms with E-state index < -0.39 is 0 Å². The highest BCUT2D eigenvalue weighted by Crippen LogP contribution is 2.23. The van der Waals surface area contributed by atoms with Crippen LogP contribution < -0.4 is 26.0 Å². The topological polar surface area (TPSA) is 122 Å². The van der Waals surface area contributed by atoms with E-state index in [-0.39, 0.29) is 5.95 Å². The zero-order chi connectivity index (χ0) is 23.6. The molecule has 2 aliphatic rings. The van der Waals surface area contributed by atoms with Crippen LogP contribution in [0.3, 0.4) is 0 Å². The van der Waals surface area contributed by atoms with Gasteiger partial charge in [-0.1, -0.05) is 0 Å². The Morgan fingerprint density at radius 3 is 2.63 bits per heavy atom. The summed E-state index contributed by atoms with van der Waals surface area (Å²) in [6.07, 6.45) is 1.92. The summed E-state index contributed by atoms with van der Waals surface area (Å²) in [6, 6.07) is 14.0. The molecule has 2 saturated heterocycles. The molecule has 0 amide bonds. The highest BCUT2D eigenvalue weighted by molar-refractivity contribution is 5.61. The van der Waals surface area contributed by atoms with Gasteiger partial charge in [0.2, 0.25) is 11.9 Å². The predicted molar refractivity (Wildman–Crippen MR) is 134 cm³/mol. The number of nitrogens with two attached hydrogens (primary N) is 1. The van der Waals surface area contributed by atoms with E-state index in [1.807, 2.05) is 18.2 Å². The molecular formula is C24H29N9O2. The molecule has 0 atom stereocenters. The van der Waals surface area contributed by atoms with Crippen molar-refractivity contribution in [3.8, 4) is 17.2 Å². The summed E-state index contributed by atoms with van der Waals surface area (Å²) in [5.74, 6) is 2.39. The zero-order valence-electron chi connectivity index (χ0n) is 19.4. The molecular weight excluding hydrogens is 446 g/mol. The zero-order valence-corrected chi connectivity index (χ0v) is 19.4. The Morgan fingerprint density at radius 2 is 1.91 bits per heavy atom. The van der Waals surface area contributed by atoms with Gasteiger partial charge in [0.1, 0.15) is 17.5 Å². The van der Waals surface area contributed by atoms with Crippen molar-refractivity contribution in [2.45, 2.75) is 6.10 Å². The SMILES string of the molecule is Nc1nc(NCCN2CCN(c3ccc(OC4CNC4)cc3)CC2)nc2cc(-c3ccco3)nn12. The molecule has 0 bridgehead atoms. The van der Waals surface area contributed by atoms with E-state index in [4.69, 9.17) is 14.9 Å². The van der Waals surface area contributed by atoms with E-state index in [0.29, 0.717) is 29.2 Å². The molecule has 2 aliphatic heterocycles.